The van der Waals surface area contributed by atoms with Crippen molar-refractivity contribution >= 4 is 29.9 Å². The van der Waals surface area contributed by atoms with E-state index in [-0.39, 0.29) is 5.69 Å². The Morgan fingerprint density at radius 3 is 3.12 bits per heavy atom. The summed E-state index contributed by atoms with van der Waals surface area (Å²) in [5, 5.41) is 5.39. The van der Waals surface area contributed by atoms with Crippen molar-refractivity contribution in [3.8, 4) is 11.5 Å². The number of carbonyl (C=O) groups is 1. The summed E-state index contributed by atoms with van der Waals surface area (Å²) < 4.78 is 10.4. The van der Waals surface area contributed by atoms with Gasteiger partial charge in [0.2, 0.25) is 0 Å². The van der Waals surface area contributed by atoms with E-state index in [1.165, 1.54) is 17.4 Å². The molecule has 16 heavy (non-hydrogen) atoms. The van der Waals surface area contributed by atoms with E-state index in [9.17, 15) is 4.79 Å². The van der Waals surface area contributed by atoms with Crippen molar-refractivity contribution in [1.29, 1.82) is 0 Å². The summed E-state index contributed by atoms with van der Waals surface area (Å²) in [6, 6.07) is 1.50. The minimum atomic E-state index is -0.501. The molecular weight excluding hydrogens is 248 g/mol. The molecule has 2 aromatic rings. The Bertz CT molecular complexity index is 506. The van der Waals surface area contributed by atoms with Crippen LogP contribution in [0.3, 0.4) is 0 Å². The van der Waals surface area contributed by atoms with E-state index in [0.29, 0.717) is 22.4 Å². The van der Waals surface area contributed by atoms with Crippen molar-refractivity contribution in [2.75, 3.05) is 6.61 Å². The average Bonchev–Trinajstić information content (AvgIpc) is 2.85. The smallest absolute Gasteiger partial charge is 0.360 e. The van der Waals surface area contributed by atoms with Gasteiger partial charge in [-0.3, -0.25) is 0 Å². The van der Waals surface area contributed by atoms with E-state index in [4.69, 9.17) is 9.26 Å². The molecule has 0 aliphatic carbocycles. The molecule has 7 heteroatoms. The molecule has 0 aliphatic rings. The molecule has 0 amide bonds. The molecule has 0 aromatic carbocycles. The zero-order valence-corrected chi connectivity index (χ0v) is 10.0. The molecular formula is C9H8N2O3S2. The summed E-state index contributed by atoms with van der Waals surface area (Å²) >= 11 is 5.47. The molecule has 0 unspecified atom stereocenters. The Hall–Kier alpha value is -1.34. The molecule has 0 saturated heterocycles. The number of ether oxygens (including phenoxy) is 1. The molecule has 84 valence electrons. The summed E-state index contributed by atoms with van der Waals surface area (Å²) in [5.41, 5.74) is 0.753. The van der Waals surface area contributed by atoms with E-state index in [1.54, 1.807) is 12.3 Å². The molecule has 5 nitrogen and oxygen atoms in total. The molecule has 0 spiro atoms. The number of thiol groups is 1. The quantitative estimate of drug-likeness (QED) is 0.674. The number of hydrogen-bond donors (Lipinski definition) is 1. The highest BCUT2D eigenvalue weighted by molar-refractivity contribution is 7.82. The van der Waals surface area contributed by atoms with Crippen molar-refractivity contribution in [2.45, 2.75) is 11.3 Å². The molecule has 2 heterocycles. The Balaban J connectivity index is 2.22. The van der Waals surface area contributed by atoms with Crippen molar-refractivity contribution in [3.63, 3.8) is 0 Å². The largest absolute Gasteiger partial charge is 0.461 e. The fourth-order valence-corrected chi connectivity index (χ4v) is 1.88. The summed E-state index contributed by atoms with van der Waals surface area (Å²) in [5.74, 6) is -0.0709. The predicted molar refractivity (Wildman–Crippen MR) is 60.8 cm³/mol. The Morgan fingerprint density at radius 2 is 2.50 bits per heavy atom. The number of hydrogen-bond acceptors (Lipinski definition) is 7. The van der Waals surface area contributed by atoms with Crippen molar-refractivity contribution in [2.24, 2.45) is 0 Å². The van der Waals surface area contributed by atoms with Gasteiger partial charge in [-0.1, -0.05) is 5.16 Å². The maximum absolute atomic E-state index is 11.3. The Labute approximate surface area is 101 Å². The zero-order valence-electron chi connectivity index (χ0n) is 8.34. The minimum absolute atomic E-state index is 0.144. The van der Waals surface area contributed by atoms with Crippen LogP contribution in [0.1, 0.15) is 17.4 Å². The standard InChI is InChI=1S/C9H8N2O3S2/c1-2-13-8(12)5-3-7(14-11-5)6-4-16-9(15)10-6/h3-4H,2H2,1H3,(H,10,15). The highest BCUT2D eigenvalue weighted by Gasteiger charge is 2.15. The Morgan fingerprint density at radius 1 is 1.69 bits per heavy atom. The number of aromatic nitrogens is 2. The molecule has 0 radical (unpaired) electrons. The third-order valence-electron chi connectivity index (χ3n) is 1.74. The van der Waals surface area contributed by atoms with Crippen LogP contribution < -0.4 is 0 Å². The fraction of sp³-hybridized carbons (Fsp3) is 0.222. The Kier molecular flexibility index (Phi) is 3.25. The topological polar surface area (TPSA) is 65.2 Å². The van der Waals surface area contributed by atoms with E-state index >= 15 is 0 Å². The first-order valence-corrected chi connectivity index (χ1v) is 5.82. The summed E-state index contributed by atoms with van der Waals surface area (Å²) in [7, 11) is 0. The lowest BCUT2D eigenvalue weighted by Crippen LogP contribution is -2.04. The monoisotopic (exact) mass is 256 g/mol. The lowest BCUT2D eigenvalue weighted by Gasteiger charge is -1.94. The van der Waals surface area contributed by atoms with Gasteiger partial charge in [0.25, 0.3) is 0 Å². The van der Waals surface area contributed by atoms with Crippen LogP contribution in [0.5, 0.6) is 0 Å². The van der Waals surface area contributed by atoms with Gasteiger partial charge in [-0.25, -0.2) is 9.78 Å². The van der Waals surface area contributed by atoms with Gasteiger partial charge >= 0.3 is 5.97 Å². The van der Waals surface area contributed by atoms with Crippen LogP contribution in [0.25, 0.3) is 11.5 Å². The minimum Gasteiger partial charge on any atom is -0.461 e. The maximum atomic E-state index is 11.3. The summed E-state index contributed by atoms with van der Waals surface area (Å²) in [6.45, 7) is 2.03. The van der Waals surface area contributed by atoms with Crippen LogP contribution in [-0.4, -0.2) is 22.7 Å². The second kappa shape index (κ2) is 4.67. The van der Waals surface area contributed by atoms with Gasteiger partial charge in [0.1, 0.15) is 10.0 Å². The van der Waals surface area contributed by atoms with Gasteiger partial charge < -0.3 is 9.26 Å². The van der Waals surface area contributed by atoms with E-state index in [2.05, 4.69) is 22.8 Å². The van der Waals surface area contributed by atoms with Crippen LogP contribution >= 0.6 is 24.0 Å². The number of thiazole rings is 1. The van der Waals surface area contributed by atoms with Gasteiger partial charge in [-0.2, -0.15) is 0 Å². The molecule has 0 bridgehead atoms. The highest BCUT2D eigenvalue weighted by Crippen LogP contribution is 2.24. The fourth-order valence-electron chi connectivity index (χ4n) is 1.07. The van der Waals surface area contributed by atoms with Gasteiger partial charge in [-0.05, 0) is 6.92 Å². The third-order valence-corrected chi connectivity index (χ3v) is 2.80. The molecule has 0 N–H and O–H groups in total. The maximum Gasteiger partial charge on any atom is 0.360 e. The van der Waals surface area contributed by atoms with Gasteiger partial charge in [0, 0.05) is 11.4 Å². The van der Waals surface area contributed by atoms with Crippen molar-refractivity contribution in [3.05, 3.63) is 17.1 Å². The third kappa shape index (κ3) is 2.25. The first-order valence-electron chi connectivity index (χ1n) is 4.49. The number of esters is 1. The molecule has 0 saturated carbocycles. The zero-order chi connectivity index (χ0) is 11.5. The van der Waals surface area contributed by atoms with Gasteiger partial charge in [0.05, 0.1) is 6.61 Å². The van der Waals surface area contributed by atoms with E-state index in [1.807, 2.05) is 0 Å². The van der Waals surface area contributed by atoms with E-state index in [0.717, 1.165) is 0 Å². The van der Waals surface area contributed by atoms with E-state index < -0.39 is 5.97 Å². The lowest BCUT2D eigenvalue weighted by molar-refractivity contribution is 0.0514. The van der Waals surface area contributed by atoms with Crippen molar-refractivity contribution < 1.29 is 14.1 Å². The second-order valence-electron chi connectivity index (χ2n) is 2.81. The van der Waals surface area contributed by atoms with Crippen molar-refractivity contribution in [1.82, 2.24) is 10.1 Å². The van der Waals surface area contributed by atoms with Crippen LogP contribution in [-0.2, 0) is 4.74 Å². The van der Waals surface area contributed by atoms with Crippen LogP contribution in [0, 0.1) is 0 Å². The van der Waals surface area contributed by atoms with Crippen LogP contribution in [0.2, 0.25) is 0 Å². The normalized spacial score (nSPS) is 10.4. The molecule has 0 atom stereocenters. The van der Waals surface area contributed by atoms with Crippen LogP contribution in [0.4, 0.5) is 0 Å². The molecule has 0 aliphatic heterocycles. The first-order chi connectivity index (χ1) is 7.70. The summed E-state index contributed by atoms with van der Waals surface area (Å²) in [6.07, 6.45) is 0. The molecule has 0 fully saturated rings. The lowest BCUT2D eigenvalue weighted by atomic mass is 10.3. The average molecular weight is 256 g/mol. The van der Waals surface area contributed by atoms with Gasteiger partial charge in [0.15, 0.2) is 11.5 Å². The number of nitrogens with zero attached hydrogens (tertiary/aromatic N) is 2. The number of carbonyl (C=O) groups excluding carboxylic acids is 1. The molecule has 2 rings (SSSR count). The van der Waals surface area contributed by atoms with Gasteiger partial charge in [-0.15, -0.1) is 24.0 Å². The first kappa shape index (κ1) is 11.2. The summed E-state index contributed by atoms with van der Waals surface area (Å²) in [4.78, 5) is 15.4. The highest BCUT2D eigenvalue weighted by atomic mass is 32.2. The predicted octanol–water partition coefficient (Wildman–Crippen LogP) is 2.26. The second-order valence-corrected chi connectivity index (χ2v) is 4.40. The SMILES string of the molecule is CCOC(=O)c1cc(-c2csc(S)n2)on1. The molecule has 2 aromatic heterocycles. The number of rotatable bonds is 3. The van der Waals surface area contributed by atoms with Crippen LogP contribution in [0.15, 0.2) is 20.3 Å².